The first-order valence-corrected chi connectivity index (χ1v) is 12.7. The molecule has 3 aromatic carbocycles. The van der Waals surface area contributed by atoms with Crippen LogP contribution in [0.15, 0.2) is 78.9 Å². The molecule has 1 amide bonds. The molecule has 7 nitrogen and oxygen atoms in total. The summed E-state index contributed by atoms with van der Waals surface area (Å²) in [7, 11) is 3.11. The van der Waals surface area contributed by atoms with Crippen LogP contribution in [0.3, 0.4) is 0 Å². The summed E-state index contributed by atoms with van der Waals surface area (Å²) < 4.78 is 10.6. The fourth-order valence-corrected chi connectivity index (χ4v) is 5.44. The molecule has 1 heterocycles. The van der Waals surface area contributed by atoms with E-state index in [0.29, 0.717) is 28.2 Å². The van der Waals surface area contributed by atoms with E-state index < -0.39 is 29.9 Å². The molecule has 1 fully saturated rings. The SMILES string of the molecule is COc1ccc(C(=O)C2C(c3ccccc3)C(C(=O)O)N(C(=O)CC(C)C)C2c2ccc(OC)cc2)cc1. The number of amides is 1. The van der Waals surface area contributed by atoms with Crippen LogP contribution < -0.4 is 9.47 Å². The lowest BCUT2D eigenvalue weighted by atomic mass is 9.76. The van der Waals surface area contributed by atoms with Crippen molar-refractivity contribution < 1.29 is 29.0 Å². The van der Waals surface area contributed by atoms with Gasteiger partial charge in [-0.15, -0.1) is 0 Å². The fourth-order valence-electron chi connectivity index (χ4n) is 5.44. The Bertz CT molecular complexity index is 1270. The monoisotopic (exact) mass is 515 g/mol. The van der Waals surface area contributed by atoms with Gasteiger partial charge in [0.25, 0.3) is 0 Å². The van der Waals surface area contributed by atoms with Crippen molar-refractivity contribution in [1.29, 1.82) is 0 Å². The molecule has 38 heavy (non-hydrogen) atoms. The minimum atomic E-state index is -1.22. The van der Waals surface area contributed by atoms with E-state index in [9.17, 15) is 19.5 Å². The number of Topliss-reactive ketones (excluding diaryl/α,β-unsaturated/α-hetero) is 1. The van der Waals surface area contributed by atoms with Crippen LogP contribution in [0.5, 0.6) is 11.5 Å². The Balaban J connectivity index is 1.95. The quantitative estimate of drug-likeness (QED) is 0.385. The molecule has 0 radical (unpaired) electrons. The highest BCUT2D eigenvalue weighted by molar-refractivity contribution is 6.01. The van der Waals surface area contributed by atoms with Crippen LogP contribution in [0.25, 0.3) is 0 Å². The molecule has 198 valence electrons. The minimum absolute atomic E-state index is 0.0139. The Morgan fingerprint density at radius 3 is 1.87 bits per heavy atom. The summed E-state index contributed by atoms with van der Waals surface area (Å²) in [6, 6.07) is 21.1. The first kappa shape index (κ1) is 26.9. The summed E-state index contributed by atoms with van der Waals surface area (Å²) in [6.45, 7) is 3.83. The second kappa shape index (κ2) is 11.5. The number of ether oxygens (including phenoxy) is 2. The van der Waals surface area contributed by atoms with Gasteiger partial charge in [-0.1, -0.05) is 56.3 Å². The van der Waals surface area contributed by atoms with Gasteiger partial charge in [0.1, 0.15) is 17.5 Å². The van der Waals surface area contributed by atoms with Crippen molar-refractivity contribution in [2.45, 2.75) is 38.3 Å². The molecule has 1 saturated heterocycles. The number of carboxylic acid groups (broad SMARTS) is 1. The van der Waals surface area contributed by atoms with Crippen molar-refractivity contribution in [2.75, 3.05) is 14.2 Å². The maximum atomic E-state index is 14.3. The van der Waals surface area contributed by atoms with E-state index in [0.717, 1.165) is 0 Å². The first-order valence-electron chi connectivity index (χ1n) is 12.7. The van der Waals surface area contributed by atoms with Crippen LogP contribution in [-0.2, 0) is 9.59 Å². The van der Waals surface area contributed by atoms with Crippen LogP contribution in [0.2, 0.25) is 0 Å². The molecule has 3 aromatic rings. The number of hydrogen-bond donors (Lipinski definition) is 1. The molecule has 1 aliphatic heterocycles. The summed E-state index contributed by atoms with van der Waals surface area (Å²) in [6.07, 6.45) is 0.168. The van der Waals surface area contributed by atoms with Gasteiger partial charge in [0.05, 0.1) is 26.2 Å². The number of likely N-dealkylation sites (tertiary alicyclic amines) is 1. The second-order valence-corrected chi connectivity index (χ2v) is 9.96. The Hall–Kier alpha value is -4.13. The topological polar surface area (TPSA) is 93.1 Å². The number of carbonyl (C=O) groups excluding carboxylic acids is 2. The van der Waals surface area contributed by atoms with Gasteiger partial charge in [-0.05, 0) is 53.4 Å². The number of rotatable bonds is 9. The van der Waals surface area contributed by atoms with Crippen LogP contribution in [0.1, 0.15) is 53.7 Å². The van der Waals surface area contributed by atoms with Crippen LogP contribution in [0.4, 0.5) is 0 Å². The van der Waals surface area contributed by atoms with Crippen LogP contribution in [0, 0.1) is 11.8 Å². The summed E-state index contributed by atoms with van der Waals surface area (Å²) in [5.74, 6) is -2.01. The van der Waals surface area contributed by atoms with Crippen molar-refractivity contribution in [1.82, 2.24) is 4.90 Å². The van der Waals surface area contributed by atoms with Crippen molar-refractivity contribution >= 4 is 17.7 Å². The molecule has 4 rings (SSSR count). The third-order valence-electron chi connectivity index (χ3n) is 7.11. The van der Waals surface area contributed by atoms with Crippen LogP contribution >= 0.6 is 0 Å². The minimum Gasteiger partial charge on any atom is -0.497 e. The van der Waals surface area contributed by atoms with Gasteiger partial charge in [-0.2, -0.15) is 0 Å². The number of carboxylic acids is 1. The smallest absolute Gasteiger partial charge is 0.327 e. The maximum absolute atomic E-state index is 14.3. The third kappa shape index (κ3) is 5.28. The van der Waals surface area contributed by atoms with E-state index in [-0.39, 0.29) is 24.0 Å². The lowest BCUT2D eigenvalue weighted by molar-refractivity contribution is -0.150. The molecule has 1 N–H and O–H groups in total. The highest BCUT2D eigenvalue weighted by atomic mass is 16.5. The van der Waals surface area contributed by atoms with Crippen LogP contribution in [-0.4, -0.2) is 47.9 Å². The molecule has 4 atom stereocenters. The molecule has 0 bridgehead atoms. The molecule has 0 aromatic heterocycles. The fraction of sp³-hybridized carbons (Fsp3) is 0.323. The number of ketones is 1. The van der Waals surface area contributed by atoms with Gasteiger partial charge in [0.2, 0.25) is 5.91 Å². The van der Waals surface area contributed by atoms with Gasteiger partial charge >= 0.3 is 5.97 Å². The number of nitrogens with zero attached hydrogens (tertiary/aromatic N) is 1. The zero-order chi connectivity index (χ0) is 27.4. The van der Waals surface area contributed by atoms with Crippen molar-refractivity contribution in [3.8, 4) is 11.5 Å². The molecule has 7 heteroatoms. The second-order valence-electron chi connectivity index (χ2n) is 9.96. The predicted molar refractivity (Wildman–Crippen MR) is 143 cm³/mol. The summed E-state index contributed by atoms with van der Waals surface area (Å²) in [5, 5.41) is 10.5. The molecular formula is C31H33NO6. The zero-order valence-corrected chi connectivity index (χ0v) is 22.0. The molecule has 0 saturated carbocycles. The zero-order valence-electron chi connectivity index (χ0n) is 22.0. The number of methoxy groups -OCH3 is 2. The standard InChI is InChI=1S/C31H33NO6/c1-19(2)18-25(33)32-28(21-10-14-23(37-3)15-11-21)27(30(34)22-12-16-24(38-4)17-13-22)26(29(32)31(35)36)20-8-6-5-7-9-20/h5-17,19,26-29H,18H2,1-4H3,(H,35,36). The van der Waals surface area contributed by atoms with E-state index in [1.807, 2.05) is 44.2 Å². The first-order chi connectivity index (χ1) is 18.3. The number of hydrogen-bond acceptors (Lipinski definition) is 5. The number of aliphatic carboxylic acids is 1. The van der Waals surface area contributed by atoms with Crippen molar-refractivity contribution in [2.24, 2.45) is 11.8 Å². The van der Waals surface area contributed by atoms with E-state index in [4.69, 9.17) is 9.47 Å². The number of carbonyl (C=O) groups is 3. The van der Waals surface area contributed by atoms with E-state index >= 15 is 0 Å². The van der Waals surface area contributed by atoms with Gasteiger partial charge in [-0.25, -0.2) is 4.79 Å². The average molecular weight is 516 g/mol. The Labute approximate surface area is 223 Å². The number of benzene rings is 3. The predicted octanol–water partition coefficient (Wildman–Crippen LogP) is 5.37. The summed E-state index contributed by atoms with van der Waals surface area (Å²) >= 11 is 0. The lowest BCUT2D eigenvalue weighted by Gasteiger charge is -2.31. The van der Waals surface area contributed by atoms with Gasteiger partial charge < -0.3 is 19.5 Å². The molecule has 0 aliphatic carbocycles. The summed E-state index contributed by atoms with van der Waals surface area (Å²) in [4.78, 5) is 42.4. The molecule has 0 spiro atoms. The highest BCUT2D eigenvalue weighted by Gasteiger charge is 2.57. The van der Waals surface area contributed by atoms with Crippen molar-refractivity contribution in [3.63, 3.8) is 0 Å². The maximum Gasteiger partial charge on any atom is 0.327 e. The summed E-state index contributed by atoms with van der Waals surface area (Å²) in [5.41, 5.74) is 1.81. The van der Waals surface area contributed by atoms with Crippen molar-refractivity contribution in [3.05, 3.63) is 95.6 Å². The Morgan fingerprint density at radius 2 is 1.37 bits per heavy atom. The third-order valence-corrected chi connectivity index (χ3v) is 7.11. The van der Waals surface area contributed by atoms with E-state index in [1.165, 1.54) is 4.90 Å². The average Bonchev–Trinajstić information content (AvgIpc) is 3.29. The van der Waals surface area contributed by atoms with E-state index in [2.05, 4.69) is 0 Å². The molecular weight excluding hydrogens is 482 g/mol. The Kier molecular flexibility index (Phi) is 8.15. The van der Waals surface area contributed by atoms with Gasteiger partial charge in [0.15, 0.2) is 5.78 Å². The molecule has 1 aliphatic rings. The van der Waals surface area contributed by atoms with Gasteiger partial charge in [-0.3, -0.25) is 9.59 Å². The highest BCUT2D eigenvalue weighted by Crippen LogP contribution is 2.51. The van der Waals surface area contributed by atoms with Gasteiger partial charge in [0, 0.05) is 17.9 Å². The van der Waals surface area contributed by atoms with E-state index in [1.54, 1.807) is 62.8 Å². The lowest BCUT2D eigenvalue weighted by Crippen LogP contribution is -2.44. The Morgan fingerprint density at radius 1 is 0.816 bits per heavy atom. The normalized spacial score (nSPS) is 20.8. The molecule has 4 unspecified atom stereocenters. The largest absolute Gasteiger partial charge is 0.497 e.